The molecular formula is C8H15BrN6O3S. The lowest BCUT2D eigenvalue weighted by Crippen LogP contribution is -2.55. The number of aromatic nitrogens is 3. The summed E-state index contributed by atoms with van der Waals surface area (Å²) in [6.45, 7) is 3.22. The van der Waals surface area contributed by atoms with Crippen LogP contribution in [0.4, 0.5) is 0 Å². The number of nitrogens with zero attached hydrogens (tertiary/aromatic N) is 4. The van der Waals surface area contributed by atoms with Gasteiger partial charge < -0.3 is 10.9 Å². The Balaban J connectivity index is 3.24. The molecule has 0 aliphatic rings. The number of aryl methyl sites for hydroxylation is 1. The van der Waals surface area contributed by atoms with Crippen molar-refractivity contribution in [1.82, 2.24) is 19.7 Å². The Labute approximate surface area is 119 Å². The minimum Gasteiger partial charge on any atom is -0.409 e. The molecule has 1 aromatic rings. The van der Waals surface area contributed by atoms with Crippen LogP contribution in [0.15, 0.2) is 14.8 Å². The maximum Gasteiger partial charge on any atom is 0.261 e. The molecule has 1 heterocycles. The number of nitrogens with one attached hydrogen (secondary N) is 1. The summed E-state index contributed by atoms with van der Waals surface area (Å²) in [5.41, 5.74) is 4.31. The van der Waals surface area contributed by atoms with Gasteiger partial charge in [0.1, 0.15) is 0 Å². The molecule has 0 radical (unpaired) electrons. The van der Waals surface area contributed by atoms with Gasteiger partial charge in [-0.2, -0.15) is 4.72 Å². The SMILES string of the molecule is CCC(C)(NS(=O)(=O)c1c(Br)nnn1C)C(N)=NO. The van der Waals surface area contributed by atoms with Crippen molar-refractivity contribution in [3.63, 3.8) is 0 Å². The fourth-order valence-electron chi connectivity index (χ4n) is 1.37. The summed E-state index contributed by atoms with van der Waals surface area (Å²) in [5, 5.41) is 18.6. The fourth-order valence-corrected chi connectivity index (χ4v) is 3.92. The average molecular weight is 355 g/mol. The molecule has 0 aromatic carbocycles. The van der Waals surface area contributed by atoms with E-state index < -0.39 is 15.6 Å². The van der Waals surface area contributed by atoms with Crippen molar-refractivity contribution in [2.75, 3.05) is 0 Å². The monoisotopic (exact) mass is 354 g/mol. The second-order valence-electron chi connectivity index (χ2n) is 4.09. The minimum absolute atomic E-state index is 0.0838. The molecule has 108 valence electrons. The van der Waals surface area contributed by atoms with E-state index in [1.807, 2.05) is 0 Å². The van der Waals surface area contributed by atoms with Crippen molar-refractivity contribution in [2.24, 2.45) is 17.9 Å². The molecule has 0 bridgehead atoms. The Morgan fingerprint density at radius 3 is 2.63 bits per heavy atom. The Morgan fingerprint density at radius 1 is 1.68 bits per heavy atom. The molecule has 1 unspecified atom stereocenters. The number of halogens is 1. The molecule has 11 heteroatoms. The van der Waals surface area contributed by atoms with E-state index in [2.05, 4.69) is 36.1 Å². The molecule has 0 amide bonds. The van der Waals surface area contributed by atoms with E-state index in [0.717, 1.165) is 4.68 Å². The molecule has 0 aliphatic heterocycles. The Hall–Kier alpha value is -1.20. The zero-order valence-electron chi connectivity index (χ0n) is 10.6. The van der Waals surface area contributed by atoms with Crippen LogP contribution in [-0.4, -0.2) is 40.0 Å². The maximum atomic E-state index is 12.3. The van der Waals surface area contributed by atoms with Crippen molar-refractivity contribution < 1.29 is 13.6 Å². The highest BCUT2D eigenvalue weighted by atomic mass is 79.9. The molecule has 1 rings (SSSR count). The van der Waals surface area contributed by atoms with Crippen LogP contribution in [0.2, 0.25) is 0 Å². The van der Waals surface area contributed by atoms with Crippen LogP contribution in [-0.2, 0) is 17.1 Å². The van der Waals surface area contributed by atoms with E-state index in [9.17, 15) is 8.42 Å². The maximum absolute atomic E-state index is 12.3. The predicted octanol–water partition coefficient (Wildman–Crippen LogP) is -0.229. The van der Waals surface area contributed by atoms with E-state index in [0.29, 0.717) is 6.42 Å². The standard InChI is InChI=1S/C8H15BrN6O3S/c1-4-8(2,7(10)12-16)13-19(17,18)6-5(9)11-14-15(6)3/h13,16H,4H2,1-3H3,(H2,10,12). The molecule has 1 atom stereocenters. The number of hydrogen-bond acceptors (Lipinski definition) is 6. The number of sulfonamides is 1. The van der Waals surface area contributed by atoms with E-state index in [1.165, 1.54) is 14.0 Å². The number of oxime groups is 1. The lowest BCUT2D eigenvalue weighted by molar-refractivity contribution is 0.310. The van der Waals surface area contributed by atoms with Gasteiger partial charge in [-0.3, -0.25) is 0 Å². The second kappa shape index (κ2) is 5.43. The normalized spacial score (nSPS) is 16.3. The van der Waals surface area contributed by atoms with E-state index >= 15 is 0 Å². The molecule has 0 saturated heterocycles. The molecule has 4 N–H and O–H groups in total. The molecule has 9 nitrogen and oxygen atoms in total. The summed E-state index contributed by atoms with van der Waals surface area (Å²) >= 11 is 3.01. The lowest BCUT2D eigenvalue weighted by Gasteiger charge is -2.27. The first-order valence-electron chi connectivity index (χ1n) is 5.25. The van der Waals surface area contributed by atoms with Crippen molar-refractivity contribution in [3.8, 4) is 0 Å². The summed E-state index contributed by atoms with van der Waals surface area (Å²) < 4.78 is 28.2. The first kappa shape index (κ1) is 15.9. The Bertz CT molecular complexity index is 578. The third-order valence-corrected chi connectivity index (χ3v) is 5.21. The Morgan fingerprint density at radius 2 is 2.26 bits per heavy atom. The van der Waals surface area contributed by atoms with Gasteiger partial charge in [-0.1, -0.05) is 17.3 Å². The van der Waals surface area contributed by atoms with Crippen LogP contribution in [0, 0.1) is 0 Å². The van der Waals surface area contributed by atoms with E-state index in [1.54, 1.807) is 6.92 Å². The highest BCUT2D eigenvalue weighted by Crippen LogP contribution is 2.21. The zero-order chi connectivity index (χ0) is 14.8. The fraction of sp³-hybridized carbons (Fsp3) is 0.625. The first-order valence-corrected chi connectivity index (χ1v) is 7.52. The number of amidine groups is 1. The summed E-state index contributed by atoms with van der Waals surface area (Å²) in [6.07, 6.45) is 0.297. The number of rotatable bonds is 5. The highest BCUT2D eigenvalue weighted by Gasteiger charge is 2.36. The summed E-state index contributed by atoms with van der Waals surface area (Å²) in [7, 11) is -2.49. The van der Waals surface area contributed by atoms with Gasteiger partial charge in [0.15, 0.2) is 10.4 Å². The minimum atomic E-state index is -3.93. The topological polar surface area (TPSA) is 135 Å². The lowest BCUT2D eigenvalue weighted by atomic mass is 10.00. The van der Waals surface area contributed by atoms with Gasteiger partial charge in [0.2, 0.25) is 5.03 Å². The third-order valence-electron chi connectivity index (χ3n) is 2.73. The largest absolute Gasteiger partial charge is 0.409 e. The smallest absolute Gasteiger partial charge is 0.261 e. The van der Waals surface area contributed by atoms with Crippen LogP contribution < -0.4 is 10.5 Å². The van der Waals surface area contributed by atoms with Crippen molar-refractivity contribution in [2.45, 2.75) is 30.8 Å². The van der Waals surface area contributed by atoms with Gasteiger partial charge in [-0.15, -0.1) is 5.10 Å². The van der Waals surface area contributed by atoms with Gasteiger partial charge in [0.05, 0.1) is 5.54 Å². The van der Waals surface area contributed by atoms with Crippen LogP contribution in [0.3, 0.4) is 0 Å². The van der Waals surface area contributed by atoms with Crippen molar-refractivity contribution >= 4 is 31.8 Å². The van der Waals surface area contributed by atoms with Crippen LogP contribution in [0.25, 0.3) is 0 Å². The quantitative estimate of drug-likeness (QED) is 0.289. The molecule has 0 fully saturated rings. The molecular weight excluding hydrogens is 340 g/mol. The van der Waals surface area contributed by atoms with Gasteiger partial charge in [0, 0.05) is 7.05 Å². The Kier molecular flexibility index (Phi) is 4.53. The zero-order valence-corrected chi connectivity index (χ0v) is 13.0. The van der Waals surface area contributed by atoms with Crippen LogP contribution in [0.1, 0.15) is 20.3 Å². The molecule has 19 heavy (non-hydrogen) atoms. The molecule has 0 saturated carbocycles. The number of nitrogens with two attached hydrogens (primary N) is 1. The number of hydrogen-bond donors (Lipinski definition) is 3. The van der Waals surface area contributed by atoms with Gasteiger partial charge in [-0.25, -0.2) is 13.1 Å². The summed E-state index contributed by atoms with van der Waals surface area (Å²) in [4.78, 5) is 0. The van der Waals surface area contributed by atoms with Gasteiger partial charge >= 0.3 is 0 Å². The molecule has 1 aromatic heterocycles. The van der Waals surface area contributed by atoms with E-state index in [-0.39, 0.29) is 15.5 Å². The van der Waals surface area contributed by atoms with Crippen molar-refractivity contribution in [1.29, 1.82) is 0 Å². The second-order valence-corrected chi connectivity index (χ2v) is 6.43. The van der Waals surface area contributed by atoms with Crippen LogP contribution >= 0.6 is 15.9 Å². The van der Waals surface area contributed by atoms with Gasteiger partial charge in [0.25, 0.3) is 10.0 Å². The van der Waals surface area contributed by atoms with Crippen LogP contribution in [0.5, 0.6) is 0 Å². The molecule has 0 aliphatic carbocycles. The third kappa shape index (κ3) is 3.04. The predicted molar refractivity (Wildman–Crippen MR) is 71.1 cm³/mol. The average Bonchev–Trinajstić information content (AvgIpc) is 2.67. The van der Waals surface area contributed by atoms with E-state index in [4.69, 9.17) is 10.9 Å². The molecule has 0 spiro atoms. The summed E-state index contributed by atoms with van der Waals surface area (Å²) in [6, 6.07) is 0. The van der Waals surface area contributed by atoms with Gasteiger partial charge in [-0.05, 0) is 29.3 Å². The first-order chi connectivity index (χ1) is 8.68. The summed E-state index contributed by atoms with van der Waals surface area (Å²) in [5.74, 6) is -0.232. The highest BCUT2D eigenvalue weighted by molar-refractivity contribution is 9.10. The van der Waals surface area contributed by atoms with Crippen molar-refractivity contribution in [3.05, 3.63) is 4.60 Å².